The molecule has 0 saturated heterocycles. The van der Waals surface area contributed by atoms with Crippen molar-refractivity contribution in [1.29, 1.82) is 0 Å². The molecule has 2 atom stereocenters. The van der Waals surface area contributed by atoms with Crippen LogP contribution in [0.15, 0.2) is 24.3 Å². The van der Waals surface area contributed by atoms with Gasteiger partial charge in [-0.3, -0.25) is 4.79 Å². The SMILES string of the molecule is CC12CC3CC(C1)CC(C(=O)Cc1cccc(Cl)c1)(C3)C2. The summed E-state index contributed by atoms with van der Waals surface area (Å²) >= 11 is 6.06. The first-order valence-electron chi connectivity index (χ1n) is 8.24. The van der Waals surface area contributed by atoms with Crippen LogP contribution in [0.2, 0.25) is 5.02 Å². The number of carbonyl (C=O) groups excluding carboxylic acids is 1. The maximum Gasteiger partial charge on any atom is 0.143 e. The minimum Gasteiger partial charge on any atom is -0.299 e. The Hall–Kier alpha value is -0.820. The molecule has 1 aromatic carbocycles. The molecule has 0 aliphatic heterocycles. The van der Waals surface area contributed by atoms with Gasteiger partial charge >= 0.3 is 0 Å². The van der Waals surface area contributed by atoms with E-state index >= 15 is 0 Å². The quantitative estimate of drug-likeness (QED) is 0.763. The van der Waals surface area contributed by atoms with Crippen molar-refractivity contribution in [3.05, 3.63) is 34.9 Å². The highest BCUT2D eigenvalue weighted by molar-refractivity contribution is 6.30. The fraction of sp³-hybridized carbons (Fsp3) is 0.632. The summed E-state index contributed by atoms with van der Waals surface area (Å²) in [4.78, 5) is 13.1. The van der Waals surface area contributed by atoms with Crippen LogP contribution in [-0.2, 0) is 11.2 Å². The molecule has 0 aromatic heterocycles. The first kappa shape index (κ1) is 13.8. The average molecular weight is 303 g/mol. The van der Waals surface area contributed by atoms with Crippen LogP contribution in [0.1, 0.15) is 51.0 Å². The van der Waals surface area contributed by atoms with Gasteiger partial charge in [-0.15, -0.1) is 0 Å². The third-order valence-electron chi connectivity index (χ3n) is 6.20. The number of Topliss-reactive ketones (excluding diaryl/α,β-unsaturated/α-hetero) is 1. The fourth-order valence-electron chi connectivity index (χ4n) is 6.07. The molecular weight excluding hydrogens is 280 g/mol. The van der Waals surface area contributed by atoms with Crippen molar-refractivity contribution in [2.24, 2.45) is 22.7 Å². The van der Waals surface area contributed by atoms with E-state index < -0.39 is 0 Å². The van der Waals surface area contributed by atoms with E-state index in [9.17, 15) is 4.79 Å². The molecule has 0 radical (unpaired) electrons. The predicted octanol–water partition coefficient (Wildman–Crippen LogP) is 5.06. The molecule has 1 aromatic rings. The van der Waals surface area contributed by atoms with Gasteiger partial charge in [-0.2, -0.15) is 0 Å². The highest BCUT2D eigenvalue weighted by atomic mass is 35.5. The van der Waals surface area contributed by atoms with Crippen LogP contribution >= 0.6 is 11.6 Å². The summed E-state index contributed by atoms with van der Waals surface area (Å²) in [5.41, 5.74) is 1.50. The van der Waals surface area contributed by atoms with Crippen molar-refractivity contribution in [3.8, 4) is 0 Å². The molecule has 2 heteroatoms. The molecule has 4 bridgehead atoms. The zero-order chi connectivity index (χ0) is 14.7. The average Bonchev–Trinajstić information content (AvgIpc) is 2.35. The van der Waals surface area contributed by atoms with Crippen molar-refractivity contribution in [2.45, 2.75) is 51.9 Å². The van der Waals surface area contributed by atoms with Crippen LogP contribution in [0.4, 0.5) is 0 Å². The molecule has 0 heterocycles. The lowest BCUT2D eigenvalue weighted by Gasteiger charge is -2.60. The van der Waals surface area contributed by atoms with E-state index in [0.717, 1.165) is 41.7 Å². The zero-order valence-electron chi connectivity index (χ0n) is 12.7. The topological polar surface area (TPSA) is 17.1 Å². The fourth-order valence-corrected chi connectivity index (χ4v) is 6.28. The number of halogens is 1. The third kappa shape index (κ3) is 2.34. The maximum atomic E-state index is 13.1. The van der Waals surface area contributed by atoms with Crippen LogP contribution in [0.3, 0.4) is 0 Å². The molecule has 0 amide bonds. The summed E-state index contributed by atoms with van der Waals surface area (Å²) in [5.74, 6) is 2.09. The van der Waals surface area contributed by atoms with E-state index in [1.54, 1.807) is 0 Å². The zero-order valence-corrected chi connectivity index (χ0v) is 13.5. The van der Waals surface area contributed by atoms with E-state index in [4.69, 9.17) is 11.6 Å². The van der Waals surface area contributed by atoms with Crippen LogP contribution in [0, 0.1) is 22.7 Å². The smallest absolute Gasteiger partial charge is 0.143 e. The lowest BCUT2D eigenvalue weighted by atomic mass is 9.43. The minimum atomic E-state index is -0.0127. The highest BCUT2D eigenvalue weighted by Gasteiger charge is 2.58. The summed E-state index contributed by atoms with van der Waals surface area (Å²) in [6.45, 7) is 2.42. The van der Waals surface area contributed by atoms with Crippen molar-refractivity contribution < 1.29 is 4.79 Å². The van der Waals surface area contributed by atoms with Gasteiger partial charge in [-0.05, 0) is 73.5 Å². The van der Waals surface area contributed by atoms with E-state index in [0.29, 0.717) is 17.6 Å². The standard InChI is InChI=1S/C19H23ClO/c1-18-8-14-5-15(9-18)11-19(10-14,12-18)17(21)7-13-3-2-4-16(20)6-13/h2-4,6,14-15H,5,7-12H2,1H3. The third-order valence-corrected chi connectivity index (χ3v) is 6.43. The van der Waals surface area contributed by atoms with Gasteiger partial charge in [0.25, 0.3) is 0 Å². The highest BCUT2D eigenvalue weighted by Crippen LogP contribution is 2.65. The molecule has 4 aliphatic carbocycles. The Morgan fingerprint density at radius 1 is 1.24 bits per heavy atom. The molecule has 0 N–H and O–H groups in total. The molecule has 4 aliphatic rings. The van der Waals surface area contributed by atoms with E-state index in [1.165, 1.54) is 19.3 Å². The molecule has 4 fully saturated rings. The van der Waals surface area contributed by atoms with Crippen molar-refractivity contribution in [3.63, 3.8) is 0 Å². The van der Waals surface area contributed by atoms with Gasteiger partial charge < -0.3 is 0 Å². The van der Waals surface area contributed by atoms with Gasteiger partial charge in [0.1, 0.15) is 5.78 Å². The Balaban J connectivity index is 1.59. The monoisotopic (exact) mass is 302 g/mol. The van der Waals surface area contributed by atoms with Gasteiger partial charge in [0.2, 0.25) is 0 Å². The Kier molecular flexibility index (Phi) is 3.02. The summed E-state index contributed by atoms with van der Waals surface area (Å²) in [6, 6.07) is 7.81. The van der Waals surface area contributed by atoms with Crippen LogP contribution in [0.5, 0.6) is 0 Å². The van der Waals surface area contributed by atoms with Gasteiger partial charge in [-0.25, -0.2) is 0 Å². The van der Waals surface area contributed by atoms with Crippen LogP contribution in [0.25, 0.3) is 0 Å². The van der Waals surface area contributed by atoms with E-state index in [1.807, 2.05) is 24.3 Å². The number of rotatable bonds is 3. The van der Waals surface area contributed by atoms with E-state index in [-0.39, 0.29) is 5.41 Å². The largest absolute Gasteiger partial charge is 0.299 e. The predicted molar refractivity (Wildman–Crippen MR) is 85.4 cm³/mol. The van der Waals surface area contributed by atoms with Crippen LogP contribution in [-0.4, -0.2) is 5.78 Å². The first-order chi connectivity index (χ1) is 9.96. The lowest BCUT2D eigenvalue weighted by molar-refractivity contribution is -0.152. The normalized spacial score (nSPS) is 40.5. The van der Waals surface area contributed by atoms with Gasteiger partial charge in [0.15, 0.2) is 0 Å². The molecule has 1 nitrogen and oxygen atoms in total. The van der Waals surface area contributed by atoms with Crippen molar-refractivity contribution in [2.75, 3.05) is 0 Å². The number of benzene rings is 1. The Morgan fingerprint density at radius 3 is 2.57 bits per heavy atom. The molecule has 4 saturated carbocycles. The summed E-state index contributed by atoms with van der Waals surface area (Å²) in [5, 5.41) is 0.734. The Bertz CT molecular complexity index is 577. The second kappa shape index (κ2) is 4.59. The molecule has 0 spiro atoms. The summed E-state index contributed by atoms with van der Waals surface area (Å²) in [7, 11) is 0. The van der Waals surface area contributed by atoms with Crippen LogP contribution < -0.4 is 0 Å². The number of hydrogen-bond donors (Lipinski definition) is 0. The maximum absolute atomic E-state index is 13.1. The van der Waals surface area contributed by atoms with Crippen molar-refractivity contribution in [1.82, 2.24) is 0 Å². The molecular formula is C19H23ClO. The van der Waals surface area contributed by atoms with Gasteiger partial charge in [0.05, 0.1) is 0 Å². The summed E-state index contributed by atoms with van der Waals surface area (Å²) < 4.78 is 0. The van der Waals surface area contributed by atoms with Gasteiger partial charge in [0, 0.05) is 16.9 Å². The summed E-state index contributed by atoms with van der Waals surface area (Å²) in [6.07, 6.45) is 8.09. The molecule has 21 heavy (non-hydrogen) atoms. The van der Waals surface area contributed by atoms with Crippen molar-refractivity contribution >= 4 is 17.4 Å². The second-order valence-corrected chi connectivity index (χ2v) is 8.72. The Labute approximate surface area is 132 Å². The number of ketones is 1. The first-order valence-corrected chi connectivity index (χ1v) is 8.62. The van der Waals surface area contributed by atoms with E-state index in [2.05, 4.69) is 6.92 Å². The lowest BCUT2D eigenvalue weighted by Crippen LogP contribution is -2.54. The second-order valence-electron chi connectivity index (χ2n) is 8.28. The molecule has 5 rings (SSSR count). The number of carbonyl (C=O) groups is 1. The molecule has 112 valence electrons. The molecule has 2 unspecified atom stereocenters. The minimum absolute atomic E-state index is 0.0127. The van der Waals surface area contributed by atoms with Gasteiger partial charge in [-0.1, -0.05) is 30.7 Å². The number of hydrogen-bond acceptors (Lipinski definition) is 1. The Morgan fingerprint density at radius 2 is 1.95 bits per heavy atom.